The summed E-state index contributed by atoms with van der Waals surface area (Å²) in [5, 5.41) is 8.96. The van der Waals surface area contributed by atoms with Crippen LogP contribution in [0.5, 0.6) is 0 Å². The molecule has 0 aromatic heterocycles. The predicted molar refractivity (Wildman–Crippen MR) is 65.1 cm³/mol. The molecule has 2 atom stereocenters. The highest BCUT2D eigenvalue weighted by atomic mass is 16.4. The van der Waals surface area contributed by atoms with Gasteiger partial charge in [0.1, 0.15) is 0 Å². The molecule has 0 aromatic carbocycles. The second-order valence-electron chi connectivity index (χ2n) is 5.35. The minimum atomic E-state index is -0.701. The molecule has 0 saturated heterocycles. The molecule has 94 valence electrons. The minimum Gasteiger partial charge on any atom is -0.481 e. The fourth-order valence-electron chi connectivity index (χ4n) is 2.89. The van der Waals surface area contributed by atoms with E-state index in [1.54, 1.807) is 0 Å². The summed E-state index contributed by atoms with van der Waals surface area (Å²) in [5.41, 5.74) is 6.07. The summed E-state index contributed by atoms with van der Waals surface area (Å²) < 4.78 is 0. The number of carbonyl (C=O) groups is 1. The lowest BCUT2D eigenvalue weighted by atomic mass is 9.72. The molecule has 1 aliphatic carbocycles. The Balaban J connectivity index is 2.57. The molecule has 0 amide bonds. The van der Waals surface area contributed by atoms with Crippen molar-refractivity contribution >= 4 is 5.97 Å². The molecule has 1 rings (SSSR count). The van der Waals surface area contributed by atoms with Crippen LogP contribution in [0.15, 0.2) is 0 Å². The van der Waals surface area contributed by atoms with Crippen LogP contribution in [-0.2, 0) is 4.79 Å². The normalized spacial score (nSPS) is 29.7. The van der Waals surface area contributed by atoms with Crippen molar-refractivity contribution in [1.82, 2.24) is 0 Å². The molecular formula is C13H25NO2. The Hall–Kier alpha value is -0.570. The Kier molecular flexibility index (Phi) is 5.26. The number of rotatable bonds is 5. The van der Waals surface area contributed by atoms with Crippen LogP contribution in [0.3, 0.4) is 0 Å². The van der Waals surface area contributed by atoms with Gasteiger partial charge in [-0.05, 0) is 37.0 Å². The van der Waals surface area contributed by atoms with Crippen molar-refractivity contribution in [2.24, 2.45) is 23.5 Å². The summed E-state index contributed by atoms with van der Waals surface area (Å²) in [5.74, 6) is 0.810. The zero-order valence-electron chi connectivity index (χ0n) is 10.5. The number of nitrogens with two attached hydrogens (primary N) is 1. The highest BCUT2D eigenvalue weighted by molar-refractivity contribution is 5.67. The molecule has 3 heteroatoms. The first-order chi connectivity index (χ1) is 7.54. The highest BCUT2D eigenvalue weighted by Gasteiger charge is 2.30. The number of aliphatic carboxylic acids is 1. The maximum Gasteiger partial charge on any atom is 0.303 e. The van der Waals surface area contributed by atoms with Crippen molar-refractivity contribution in [2.45, 2.75) is 58.4 Å². The van der Waals surface area contributed by atoms with Crippen LogP contribution >= 0.6 is 0 Å². The second kappa shape index (κ2) is 6.24. The standard InChI is InChI=1S/C13H25NO2/c1-3-12(14)11(8-13(15)16)10-6-4-9(2)5-7-10/h9-12H,3-8,14H2,1-2H3,(H,15,16). The van der Waals surface area contributed by atoms with Crippen molar-refractivity contribution in [2.75, 3.05) is 0 Å². The highest BCUT2D eigenvalue weighted by Crippen LogP contribution is 2.36. The molecular weight excluding hydrogens is 202 g/mol. The predicted octanol–water partition coefficient (Wildman–Crippen LogP) is 2.64. The summed E-state index contributed by atoms with van der Waals surface area (Å²) in [7, 11) is 0. The van der Waals surface area contributed by atoms with E-state index in [4.69, 9.17) is 10.8 Å². The molecule has 0 bridgehead atoms. The van der Waals surface area contributed by atoms with Crippen LogP contribution in [0.4, 0.5) is 0 Å². The van der Waals surface area contributed by atoms with Crippen LogP contribution in [-0.4, -0.2) is 17.1 Å². The van der Waals surface area contributed by atoms with E-state index in [1.807, 2.05) is 6.92 Å². The van der Waals surface area contributed by atoms with E-state index in [-0.39, 0.29) is 18.4 Å². The summed E-state index contributed by atoms with van der Waals surface area (Å²) >= 11 is 0. The SMILES string of the molecule is CCC(N)C(CC(=O)O)C1CCC(C)CC1. The summed E-state index contributed by atoms with van der Waals surface area (Å²) in [6.07, 6.45) is 5.91. The zero-order valence-corrected chi connectivity index (χ0v) is 10.5. The van der Waals surface area contributed by atoms with E-state index in [1.165, 1.54) is 12.8 Å². The van der Waals surface area contributed by atoms with Crippen molar-refractivity contribution in [3.8, 4) is 0 Å². The lowest BCUT2D eigenvalue weighted by Crippen LogP contribution is -2.37. The van der Waals surface area contributed by atoms with Gasteiger partial charge in [-0.15, -0.1) is 0 Å². The van der Waals surface area contributed by atoms with Gasteiger partial charge in [0.2, 0.25) is 0 Å². The number of hydrogen-bond donors (Lipinski definition) is 2. The Labute approximate surface area is 98.4 Å². The first kappa shape index (κ1) is 13.5. The Bertz CT molecular complexity index is 222. The summed E-state index contributed by atoms with van der Waals surface area (Å²) in [6.45, 7) is 4.33. The molecule has 3 N–H and O–H groups in total. The Morgan fingerprint density at radius 3 is 2.38 bits per heavy atom. The van der Waals surface area contributed by atoms with Gasteiger partial charge >= 0.3 is 5.97 Å². The molecule has 0 heterocycles. The molecule has 16 heavy (non-hydrogen) atoms. The molecule has 0 radical (unpaired) electrons. The van der Waals surface area contributed by atoms with Crippen LogP contribution in [0.2, 0.25) is 0 Å². The maximum absolute atomic E-state index is 10.9. The van der Waals surface area contributed by atoms with Gasteiger partial charge in [0.05, 0.1) is 0 Å². The van der Waals surface area contributed by atoms with Gasteiger partial charge in [-0.3, -0.25) is 4.79 Å². The molecule has 3 nitrogen and oxygen atoms in total. The van der Waals surface area contributed by atoms with E-state index < -0.39 is 5.97 Å². The van der Waals surface area contributed by atoms with Gasteiger partial charge in [-0.25, -0.2) is 0 Å². The van der Waals surface area contributed by atoms with Gasteiger partial charge in [-0.1, -0.05) is 26.7 Å². The van der Waals surface area contributed by atoms with Gasteiger partial charge in [0.25, 0.3) is 0 Å². The second-order valence-corrected chi connectivity index (χ2v) is 5.35. The van der Waals surface area contributed by atoms with E-state index >= 15 is 0 Å². The van der Waals surface area contributed by atoms with E-state index in [0.717, 1.165) is 25.2 Å². The van der Waals surface area contributed by atoms with Crippen LogP contribution < -0.4 is 5.73 Å². The van der Waals surface area contributed by atoms with E-state index in [9.17, 15) is 4.79 Å². The molecule has 1 aliphatic rings. The summed E-state index contributed by atoms with van der Waals surface area (Å²) in [4.78, 5) is 10.9. The molecule has 0 aromatic rings. The summed E-state index contributed by atoms with van der Waals surface area (Å²) in [6, 6.07) is 0.0505. The monoisotopic (exact) mass is 227 g/mol. The van der Waals surface area contributed by atoms with Crippen molar-refractivity contribution in [3.05, 3.63) is 0 Å². The van der Waals surface area contributed by atoms with Crippen LogP contribution in [0.1, 0.15) is 52.4 Å². The quantitative estimate of drug-likeness (QED) is 0.759. The lowest BCUT2D eigenvalue weighted by Gasteiger charge is -2.35. The lowest BCUT2D eigenvalue weighted by molar-refractivity contribution is -0.139. The first-order valence-electron chi connectivity index (χ1n) is 6.52. The third-order valence-corrected chi connectivity index (χ3v) is 4.10. The van der Waals surface area contributed by atoms with Crippen LogP contribution in [0, 0.1) is 17.8 Å². The molecule has 1 fully saturated rings. The van der Waals surface area contributed by atoms with Gasteiger partial charge in [0, 0.05) is 12.5 Å². The average molecular weight is 227 g/mol. The smallest absolute Gasteiger partial charge is 0.303 e. The van der Waals surface area contributed by atoms with E-state index in [2.05, 4.69) is 6.92 Å². The zero-order chi connectivity index (χ0) is 12.1. The van der Waals surface area contributed by atoms with E-state index in [0.29, 0.717) is 5.92 Å². The minimum absolute atomic E-state index is 0.0505. The Morgan fingerprint density at radius 1 is 1.38 bits per heavy atom. The topological polar surface area (TPSA) is 63.3 Å². The average Bonchev–Trinajstić information content (AvgIpc) is 2.26. The fraction of sp³-hybridized carbons (Fsp3) is 0.923. The van der Waals surface area contributed by atoms with Gasteiger partial charge in [0.15, 0.2) is 0 Å². The molecule has 2 unspecified atom stereocenters. The van der Waals surface area contributed by atoms with Crippen LogP contribution in [0.25, 0.3) is 0 Å². The molecule has 0 spiro atoms. The largest absolute Gasteiger partial charge is 0.481 e. The first-order valence-corrected chi connectivity index (χ1v) is 6.52. The number of hydrogen-bond acceptors (Lipinski definition) is 2. The number of carboxylic acid groups (broad SMARTS) is 1. The van der Waals surface area contributed by atoms with Gasteiger partial charge < -0.3 is 10.8 Å². The van der Waals surface area contributed by atoms with Gasteiger partial charge in [-0.2, -0.15) is 0 Å². The van der Waals surface area contributed by atoms with Crippen molar-refractivity contribution in [3.63, 3.8) is 0 Å². The third-order valence-electron chi connectivity index (χ3n) is 4.10. The maximum atomic E-state index is 10.9. The molecule has 1 saturated carbocycles. The third kappa shape index (κ3) is 3.78. The number of carboxylic acids is 1. The van der Waals surface area contributed by atoms with Crippen molar-refractivity contribution < 1.29 is 9.90 Å². The van der Waals surface area contributed by atoms with Crippen molar-refractivity contribution in [1.29, 1.82) is 0 Å². The Morgan fingerprint density at radius 2 is 1.94 bits per heavy atom. The fourth-order valence-corrected chi connectivity index (χ4v) is 2.89. The molecule has 0 aliphatic heterocycles.